The molecule has 0 saturated heterocycles. The third kappa shape index (κ3) is 4.19. The molecule has 1 aliphatic heterocycles. The maximum Gasteiger partial charge on any atom is 0.258 e. The lowest BCUT2D eigenvalue weighted by molar-refractivity contribution is -0.142. The van der Waals surface area contributed by atoms with Crippen LogP contribution in [-0.4, -0.2) is 40.7 Å². The van der Waals surface area contributed by atoms with Crippen molar-refractivity contribution in [3.8, 4) is 5.75 Å². The molecule has 10 heteroatoms. The van der Waals surface area contributed by atoms with Gasteiger partial charge in [0.15, 0.2) is 12.7 Å². The van der Waals surface area contributed by atoms with Crippen molar-refractivity contribution in [2.75, 3.05) is 12.1 Å². The number of ether oxygens (including phenoxy) is 1. The van der Waals surface area contributed by atoms with E-state index in [1.165, 1.54) is 12.1 Å². The summed E-state index contributed by atoms with van der Waals surface area (Å²) in [5, 5.41) is 17.0. The van der Waals surface area contributed by atoms with Crippen LogP contribution in [0, 0.1) is 5.82 Å². The Morgan fingerprint density at radius 3 is 2.68 bits per heavy atom. The van der Waals surface area contributed by atoms with Gasteiger partial charge in [-0.05, 0) is 50.3 Å². The van der Waals surface area contributed by atoms with Crippen LogP contribution in [0.5, 0.6) is 5.75 Å². The highest BCUT2D eigenvalue weighted by Gasteiger charge is 2.56. The van der Waals surface area contributed by atoms with Crippen LogP contribution in [-0.2, 0) is 14.4 Å². The van der Waals surface area contributed by atoms with E-state index in [1.54, 1.807) is 0 Å². The first-order valence-corrected chi connectivity index (χ1v) is 11.6. The topological polar surface area (TPSA) is 109 Å². The Kier molecular flexibility index (Phi) is 5.87. The SMILES string of the molecule is O=C(COc1ccc(Cl)c(F)c1)NC12CCC(NC(=O)C3ONc4ccccc43)(CC1)C(O)C2. The molecule has 3 aliphatic carbocycles. The summed E-state index contributed by atoms with van der Waals surface area (Å²) >= 11 is 5.66. The van der Waals surface area contributed by atoms with Gasteiger partial charge < -0.3 is 20.5 Å². The summed E-state index contributed by atoms with van der Waals surface area (Å²) < 4.78 is 18.9. The second-order valence-corrected chi connectivity index (χ2v) is 9.65. The van der Waals surface area contributed by atoms with Crippen LogP contribution < -0.4 is 20.9 Å². The fraction of sp³-hybridized carbons (Fsp3) is 0.417. The molecular weight excluding hydrogens is 465 g/mol. The number of aliphatic hydroxyl groups excluding tert-OH is 1. The minimum absolute atomic E-state index is 0.0235. The normalized spacial score (nSPS) is 29.1. The van der Waals surface area contributed by atoms with Crippen molar-refractivity contribution in [3.63, 3.8) is 0 Å². The van der Waals surface area contributed by atoms with Crippen molar-refractivity contribution in [2.24, 2.45) is 0 Å². The molecule has 3 saturated carbocycles. The molecule has 0 spiro atoms. The van der Waals surface area contributed by atoms with Gasteiger partial charge in [-0.15, -0.1) is 0 Å². The molecule has 2 aromatic carbocycles. The second kappa shape index (κ2) is 8.72. The number of anilines is 1. The first-order chi connectivity index (χ1) is 16.3. The van der Waals surface area contributed by atoms with Gasteiger partial charge in [-0.3, -0.25) is 19.9 Å². The van der Waals surface area contributed by atoms with E-state index in [4.69, 9.17) is 21.2 Å². The number of nitrogens with one attached hydrogen (secondary N) is 3. The zero-order valence-electron chi connectivity index (χ0n) is 18.3. The second-order valence-electron chi connectivity index (χ2n) is 9.25. The number of aliphatic hydroxyl groups is 1. The molecule has 2 amide bonds. The number of amides is 2. The molecule has 180 valence electrons. The van der Waals surface area contributed by atoms with Crippen molar-refractivity contribution in [3.05, 3.63) is 58.9 Å². The molecule has 8 nitrogen and oxygen atoms in total. The summed E-state index contributed by atoms with van der Waals surface area (Å²) in [4.78, 5) is 31.0. The predicted molar refractivity (Wildman–Crippen MR) is 122 cm³/mol. The highest BCUT2D eigenvalue weighted by atomic mass is 35.5. The summed E-state index contributed by atoms with van der Waals surface area (Å²) in [6.45, 7) is -0.285. The minimum Gasteiger partial charge on any atom is -0.484 e. The number of hydrogen-bond donors (Lipinski definition) is 4. The molecule has 34 heavy (non-hydrogen) atoms. The van der Waals surface area contributed by atoms with Gasteiger partial charge in [0.2, 0.25) is 0 Å². The number of benzene rings is 2. The lowest BCUT2D eigenvalue weighted by Crippen LogP contribution is -2.70. The zero-order chi connectivity index (χ0) is 23.9. The fourth-order valence-electron chi connectivity index (χ4n) is 5.22. The van der Waals surface area contributed by atoms with E-state index in [0.717, 1.165) is 17.3 Å². The molecule has 4 aliphatic rings. The molecule has 2 unspecified atom stereocenters. The average Bonchev–Trinajstić information content (AvgIpc) is 3.25. The Labute approximate surface area is 200 Å². The van der Waals surface area contributed by atoms with Crippen molar-refractivity contribution in [1.82, 2.24) is 10.6 Å². The first kappa shape index (κ1) is 22.9. The van der Waals surface area contributed by atoms with Crippen LogP contribution in [0.2, 0.25) is 5.02 Å². The van der Waals surface area contributed by atoms with Crippen LogP contribution in [0.3, 0.4) is 0 Å². The zero-order valence-corrected chi connectivity index (χ0v) is 19.0. The summed E-state index contributed by atoms with van der Waals surface area (Å²) in [7, 11) is 0. The van der Waals surface area contributed by atoms with Gasteiger partial charge in [0.25, 0.3) is 11.8 Å². The lowest BCUT2D eigenvalue weighted by Gasteiger charge is -2.56. The average molecular weight is 490 g/mol. The quantitative estimate of drug-likeness (QED) is 0.497. The molecule has 4 N–H and O–H groups in total. The standard InChI is InChI=1S/C24H25ClFN3O5/c25-16-6-5-14(11-17(16)26)33-13-20(31)27-23-7-9-24(10-8-23,19(30)12-23)28-22(32)21-15-3-1-2-4-18(15)29-34-21/h1-6,11,19,21,29-30H,7-10,12-13H2,(H,27,31)(H,28,32). The van der Waals surface area contributed by atoms with Crippen molar-refractivity contribution in [1.29, 1.82) is 0 Å². The van der Waals surface area contributed by atoms with Gasteiger partial charge in [0.1, 0.15) is 11.6 Å². The van der Waals surface area contributed by atoms with Gasteiger partial charge in [-0.2, -0.15) is 0 Å². The van der Waals surface area contributed by atoms with Crippen LogP contribution >= 0.6 is 11.6 Å². The third-order valence-corrected chi connectivity index (χ3v) is 7.43. The third-order valence-electron chi connectivity index (χ3n) is 7.13. The van der Waals surface area contributed by atoms with Gasteiger partial charge in [0.05, 0.1) is 22.4 Å². The van der Waals surface area contributed by atoms with E-state index < -0.39 is 29.1 Å². The molecular formula is C24H25ClFN3O5. The molecule has 0 radical (unpaired) electrons. The van der Waals surface area contributed by atoms with E-state index in [-0.39, 0.29) is 29.2 Å². The van der Waals surface area contributed by atoms with Crippen LogP contribution in [0.25, 0.3) is 0 Å². The van der Waals surface area contributed by atoms with Crippen molar-refractivity contribution >= 4 is 29.1 Å². The number of rotatable bonds is 6. The Hall–Kier alpha value is -2.88. The first-order valence-electron chi connectivity index (χ1n) is 11.2. The summed E-state index contributed by atoms with van der Waals surface area (Å²) in [6, 6.07) is 11.3. The molecule has 2 bridgehead atoms. The number of carbonyl (C=O) groups is 2. The fourth-order valence-corrected chi connectivity index (χ4v) is 5.34. The van der Waals surface area contributed by atoms with Gasteiger partial charge >= 0.3 is 0 Å². The number of hydrogen-bond acceptors (Lipinski definition) is 6. The van der Waals surface area contributed by atoms with E-state index in [2.05, 4.69) is 16.1 Å². The summed E-state index contributed by atoms with van der Waals surface area (Å²) in [5.41, 5.74) is 2.93. The van der Waals surface area contributed by atoms with Crippen molar-refractivity contribution < 1.29 is 28.7 Å². The molecule has 2 atom stereocenters. The largest absolute Gasteiger partial charge is 0.484 e. The number of carbonyl (C=O) groups excluding carboxylic acids is 2. The van der Waals surface area contributed by atoms with E-state index in [1.807, 2.05) is 24.3 Å². The van der Waals surface area contributed by atoms with Crippen LogP contribution in [0.15, 0.2) is 42.5 Å². The van der Waals surface area contributed by atoms with E-state index >= 15 is 0 Å². The summed E-state index contributed by atoms with van der Waals surface area (Å²) in [6.07, 6.45) is 0.944. The predicted octanol–water partition coefficient (Wildman–Crippen LogP) is 3.00. The molecule has 0 aromatic heterocycles. The lowest BCUT2D eigenvalue weighted by atomic mass is 9.59. The Balaban J connectivity index is 1.18. The highest BCUT2D eigenvalue weighted by Crippen LogP contribution is 2.47. The molecule has 1 heterocycles. The Morgan fingerprint density at radius 2 is 1.94 bits per heavy atom. The number of para-hydroxylation sites is 1. The maximum absolute atomic E-state index is 13.6. The monoisotopic (exact) mass is 489 g/mol. The van der Waals surface area contributed by atoms with Gasteiger partial charge in [-0.1, -0.05) is 29.8 Å². The van der Waals surface area contributed by atoms with Crippen LogP contribution in [0.4, 0.5) is 10.1 Å². The Bertz CT molecular complexity index is 1120. The smallest absolute Gasteiger partial charge is 0.258 e. The molecule has 3 fully saturated rings. The maximum atomic E-state index is 13.6. The minimum atomic E-state index is -0.824. The highest BCUT2D eigenvalue weighted by molar-refractivity contribution is 6.30. The van der Waals surface area contributed by atoms with Gasteiger partial charge in [-0.25, -0.2) is 4.39 Å². The number of fused-ring (bicyclic) bond motifs is 4. The van der Waals surface area contributed by atoms with E-state index in [9.17, 15) is 19.1 Å². The van der Waals surface area contributed by atoms with Crippen LogP contribution in [0.1, 0.15) is 43.8 Å². The Morgan fingerprint density at radius 1 is 1.18 bits per heavy atom. The molecule has 2 aromatic rings. The molecule has 6 rings (SSSR count). The van der Waals surface area contributed by atoms with Crippen molar-refractivity contribution in [2.45, 2.75) is 55.4 Å². The van der Waals surface area contributed by atoms with E-state index in [0.29, 0.717) is 32.1 Å². The number of halogens is 2. The summed E-state index contributed by atoms with van der Waals surface area (Å²) in [5.74, 6) is -1.09. The van der Waals surface area contributed by atoms with Gasteiger partial charge in [0, 0.05) is 17.2 Å².